The van der Waals surface area contributed by atoms with Crippen LogP contribution in [0, 0.1) is 5.92 Å². The maximum Gasteiger partial charge on any atom is 0.269 e. The molecule has 1 aliphatic carbocycles. The molecule has 4 amide bonds. The number of nitrogens with zero attached hydrogens (tertiary/aromatic N) is 5. The average molecular weight is 573 g/mol. The zero-order valence-corrected chi connectivity index (χ0v) is 22.4. The molecule has 2 aliphatic rings. The van der Waals surface area contributed by atoms with Gasteiger partial charge in [0.15, 0.2) is 5.69 Å². The van der Waals surface area contributed by atoms with Gasteiger partial charge in [0, 0.05) is 29.5 Å². The molecule has 4 N–H and O–H groups in total. The van der Waals surface area contributed by atoms with E-state index in [-0.39, 0.29) is 47.1 Å². The summed E-state index contributed by atoms with van der Waals surface area (Å²) in [6.45, 7) is -0.201. The van der Waals surface area contributed by atoms with E-state index in [1.54, 1.807) is 59.6 Å². The highest BCUT2D eigenvalue weighted by Crippen LogP contribution is 2.43. The summed E-state index contributed by atoms with van der Waals surface area (Å²) < 4.78 is 1.41. The number of benzene rings is 1. The lowest BCUT2D eigenvalue weighted by Crippen LogP contribution is -2.52. The number of anilines is 2. The van der Waals surface area contributed by atoms with E-state index >= 15 is 0 Å². The van der Waals surface area contributed by atoms with Gasteiger partial charge in [-0.3, -0.25) is 28.8 Å². The van der Waals surface area contributed by atoms with Crippen molar-refractivity contribution >= 4 is 57.6 Å². The second kappa shape index (κ2) is 10.6. The quantitative estimate of drug-likeness (QED) is 0.286. The van der Waals surface area contributed by atoms with Gasteiger partial charge < -0.3 is 21.3 Å². The first-order valence-electron chi connectivity index (χ1n) is 13.0. The number of halogens is 1. The standard InChI is InChI=1S/C28H25ClN8O4/c29-21-4-1-5-22(33-21)34-28(41)25-15-6-8-18(11-15)37(25)23(38)14-36-20-9-7-17(12-19(20)24(35-36)26(30)39)32-27(40)16-3-2-10-31-13-16/h1-5,7,9-10,12-13,15,18,25H,6,8,11,14H2,(H2,30,39)(H,32,40)(H,33,34,41)/t15-,18+,25-/m0/s1. The number of hydrogen-bond acceptors (Lipinski definition) is 7. The van der Waals surface area contributed by atoms with E-state index in [4.69, 9.17) is 17.3 Å². The molecule has 0 spiro atoms. The molecule has 13 heteroatoms. The number of carbonyl (C=O) groups is 4. The molecular weight excluding hydrogens is 548 g/mol. The van der Waals surface area contributed by atoms with Crippen LogP contribution in [0.3, 0.4) is 0 Å². The molecule has 12 nitrogen and oxygen atoms in total. The molecule has 1 saturated carbocycles. The van der Waals surface area contributed by atoms with Gasteiger partial charge in [0.25, 0.3) is 11.8 Å². The minimum atomic E-state index is -0.775. The Morgan fingerprint density at radius 2 is 1.90 bits per heavy atom. The van der Waals surface area contributed by atoms with E-state index in [1.165, 1.54) is 10.9 Å². The Labute approximate surface area is 238 Å². The number of rotatable bonds is 7. The minimum absolute atomic E-state index is 0.0321. The highest BCUT2D eigenvalue weighted by molar-refractivity contribution is 6.29. The van der Waals surface area contributed by atoms with Crippen LogP contribution >= 0.6 is 11.6 Å². The van der Waals surface area contributed by atoms with E-state index in [2.05, 4.69) is 25.7 Å². The molecule has 41 heavy (non-hydrogen) atoms. The summed E-state index contributed by atoms with van der Waals surface area (Å²) in [4.78, 5) is 61.5. The zero-order valence-electron chi connectivity index (χ0n) is 21.7. The van der Waals surface area contributed by atoms with Crippen molar-refractivity contribution in [2.45, 2.75) is 37.9 Å². The van der Waals surface area contributed by atoms with Gasteiger partial charge >= 0.3 is 0 Å². The van der Waals surface area contributed by atoms with Crippen LogP contribution in [0.15, 0.2) is 60.9 Å². The van der Waals surface area contributed by atoms with E-state index in [1.807, 2.05) is 0 Å². The highest BCUT2D eigenvalue weighted by atomic mass is 35.5. The summed E-state index contributed by atoms with van der Waals surface area (Å²) in [5, 5.41) is 10.5. The number of fused-ring (bicyclic) bond motifs is 3. The fourth-order valence-electron chi connectivity index (χ4n) is 5.83. The largest absolute Gasteiger partial charge is 0.364 e. The average Bonchev–Trinajstić information content (AvgIpc) is 3.67. The number of nitrogens with two attached hydrogens (primary N) is 1. The number of piperidine rings is 1. The van der Waals surface area contributed by atoms with Gasteiger partial charge in [-0.2, -0.15) is 5.10 Å². The lowest BCUT2D eigenvalue weighted by Gasteiger charge is -2.34. The third-order valence-electron chi connectivity index (χ3n) is 7.56. The second-order valence-corrected chi connectivity index (χ2v) is 10.5. The van der Waals surface area contributed by atoms with Crippen molar-refractivity contribution in [3.63, 3.8) is 0 Å². The zero-order chi connectivity index (χ0) is 28.7. The Hall–Kier alpha value is -4.84. The molecule has 1 aliphatic heterocycles. The van der Waals surface area contributed by atoms with E-state index in [0.29, 0.717) is 28.0 Å². The molecule has 1 saturated heterocycles. The predicted octanol–water partition coefficient (Wildman–Crippen LogP) is 2.85. The van der Waals surface area contributed by atoms with Gasteiger partial charge in [0.1, 0.15) is 23.6 Å². The molecule has 0 radical (unpaired) electrons. The highest BCUT2D eigenvalue weighted by Gasteiger charge is 2.51. The number of likely N-dealkylation sites (tertiary alicyclic amines) is 1. The van der Waals surface area contributed by atoms with E-state index in [0.717, 1.165) is 19.3 Å². The predicted molar refractivity (Wildman–Crippen MR) is 150 cm³/mol. The Bertz CT molecular complexity index is 1690. The molecule has 0 unspecified atom stereocenters. The van der Waals surface area contributed by atoms with Crippen molar-refractivity contribution in [1.29, 1.82) is 0 Å². The van der Waals surface area contributed by atoms with Crippen LogP contribution < -0.4 is 16.4 Å². The number of carbonyl (C=O) groups excluding carboxylic acids is 4. The number of amides is 4. The third kappa shape index (κ3) is 5.09. The Morgan fingerprint density at radius 1 is 1.05 bits per heavy atom. The van der Waals surface area contributed by atoms with Gasteiger partial charge in [0.05, 0.1) is 11.1 Å². The number of aromatic nitrogens is 4. The molecule has 4 aromatic rings. The maximum absolute atomic E-state index is 13.7. The van der Waals surface area contributed by atoms with Gasteiger partial charge in [0.2, 0.25) is 11.8 Å². The number of hydrogen-bond donors (Lipinski definition) is 3. The number of nitrogens with one attached hydrogen (secondary N) is 2. The fourth-order valence-corrected chi connectivity index (χ4v) is 6.00. The molecule has 2 bridgehead atoms. The number of primary amides is 1. The molecule has 2 fully saturated rings. The summed E-state index contributed by atoms with van der Waals surface area (Å²) >= 11 is 5.96. The molecular formula is C28H25ClN8O4. The molecule has 208 valence electrons. The molecule has 1 aromatic carbocycles. The van der Waals surface area contributed by atoms with Crippen LogP contribution in [0.4, 0.5) is 11.5 Å². The topological polar surface area (TPSA) is 165 Å². The van der Waals surface area contributed by atoms with Crippen LogP contribution in [0.5, 0.6) is 0 Å². The van der Waals surface area contributed by atoms with E-state index < -0.39 is 11.9 Å². The minimum Gasteiger partial charge on any atom is -0.364 e. The molecule has 3 aromatic heterocycles. The maximum atomic E-state index is 13.7. The molecule has 6 rings (SSSR count). The lowest BCUT2D eigenvalue weighted by molar-refractivity contribution is -0.141. The third-order valence-corrected chi connectivity index (χ3v) is 7.77. The van der Waals surface area contributed by atoms with Gasteiger partial charge in [-0.1, -0.05) is 17.7 Å². The SMILES string of the molecule is NC(=O)c1nn(CC(=O)N2[C@@H]3CC[C@@H](C3)[C@H]2C(=O)Nc2cccc(Cl)n2)c2ccc(NC(=O)c3cccnc3)cc12. The van der Waals surface area contributed by atoms with Crippen molar-refractivity contribution in [2.24, 2.45) is 11.7 Å². The van der Waals surface area contributed by atoms with Crippen molar-refractivity contribution in [3.8, 4) is 0 Å². The van der Waals surface area contributed by atoms with Gasteiger partial charge in [-0.25, -0.2) is 4.98 Å². The number of pyridine rings is 2. The van der Waals surface area contributed by atoms with Crippen molar-refractivity contribution in [1.82, 2.24) is 24.6 Å². The normalized spacial score (nSPS) is 19.3. The van der Waals surface area contributed by atoms with Gasteiger partial charge in [-0.15, -0.1) is 0 Å². The lowest BCUT2D eigenvalue weighted by atomic mass is 9.97. The summed E-state index contributed by atoms with van der Waals surface area (Å²) in [6.07, 6.45) is 5.40. The van der Waals surface area contributed by atoms with Crippen LogP contribution in [-0.2, 0) is 16.1 Å². The van der Waals surface area contributed by atoms with Crippen molar-refractivity contribution < 1.29 is 19.2 Å². The van der Waals surface area contributed by atoms with Crippen LogP contribution in [0.25, 0.3) is 10.9 Å². The first kappa shape index (κ1) is 26.4. The van der Waals surface area contributed by atoms with E-state index in [9.17, 15) is 19.2 Å². The van der Waals surface area contributed by atoms with Crippen LogP contribution in [0.1, 0.15) is 40.1 Å². The fraction of sp³-hybridized carbons (Fsp3) is 0.250. The summed E-state index contributed by atoms with van der Waals surface area (Å²) in [6, 6.07) is 12.4. The Kier molecular flexibility index (Phi) is 6.83. The van der Waals surface area contributed by atoms with Gasteiger partial charge in [-0.05, 0) is 67.6 Å². The summed E-state index contributed by atoms with van der Waals surface area (Å²) in [5.74, 6) is -1.42. The smallest absolute Gasteiger partial charge is 0.269 e. The van der Waals surface area contributed by atoms with Crippen LogP contribution in [-0.4, -0.2) is 60.4 Å². The Morgan fingerprint density at radius 3 is 2.66 bits per heavy atom. The monoisotopic (exact) mass is 572 g/mol. The van der Waals surface area contributed by atoms with Crippen molar-refractivity contribution in [2.75, 3.05) is 10.6 Å². The Balaban J connectivity index is 1.25. The summed E-state index contributed by atoms with van der Waals surface area (Å²) in [7, 11) is 0. The second-order valence-electron chi connectivity index (χ2n) is 10.1. The van der Waals surface area contributed by atoms with Crippen LogP contribution in [0.2, 0.25) is 5.15 Å². The van der Waals surface area contributed by atoms with Crippen molar-refractivity contribution in [3.05, 3.63) is 77.3 Å². The summed E-state index contributed by atoms with van der Waals surface area (Å²) in [5.41, 5.74) is 6.85. The first-order chi connectivity index (χ1) is 19.8. The molecule has 3 atom stereocenters. The first-order valence-corrected chi connectivity index (χ1v) is 13.4. The molecule has 4 heterocycles.